The van der Waals surface area contributed by atoms with E-state index in [9.17, 15) is 4.79 Å². The molecule has 3 rings (SSSR count). The standard InChI is InChI=1S/C21H27N5O3S/c1-5-26-20(18-11-8-12-29-18)23-24-21(26)30-14-19(27)22-13-16(25(2)3)15-9-6-7-10-17(15)28-4/h6-12,16H,5,13-14H2,1-4H3,(H,22,27). The first-order valence-electron chi connectivity index (χ1n) is 9.71. The van der Waals surface area contributed by atoms with E-state index in [0.717, 1.165) is 11.3 Å². The number of ether oxygens (including phenoxy) is 1. The summed E-state index contributed by atoms with van der Waals surface area (Å²) in [5, 5.41) is 12.1. The van der Waals surface area contributed by atoms with Gasteiger partial charge in [0.2, 0.25) is 5.91 Å². The molecule has 0 bridgehead atoms. The molecule has 0 aliphatic carbocycles. The minimum Gasteiger partial charge on any atom is -0.496 e. The summed E-state index contributed by atoms with van der Waals surface area (Å²) in [5.74, 6) is 2.32. The highest BCUT2D eigenvalue weighted by molar-refractivity contribution is 7.99. The fraction of sp³-hybridized carbons (Fsp3) is 0.381. The number of benzene rings is 1. The van der Waals surface area contributed by atoms with E-state index in [2.05, 4.69) is 20.4 Å². The molecule has 1 N–H and O–H groups in total. The zero-order chi connectivity index (χ0) is 21.5. The normalized spacial score (nSPS) is 12.2. The highest BCUT2D eigenvalue weighted by Crippen LogP contribution is 2.28. The molecule has 1 unspecified atom stereocenters. The Balaban J connectivity index is 1.61. The quantitative estimate of drug-likeness (QED) is 0.496. The van der Waals surface area contributed by atoms with Gasteiger partial charge in [-0.25, -0.2) is 0 Å². The number of hydrogen-bond acceptors (Lipinski definition) is 7. The predicted octanol–water partition coefficient (Wildman–Crippen LogP) is 3.08. The number of amides is 1. The van der Waals surface area contributed by atoms with Crippen LogP contribution in [0.5, 0.6) is 5.75 Å². The van der Waals surface area contributed by atoms with Crippen molar-refractivity contribution in [2.75, 3.05) is 33.5 Å². The molecule has 0 aliphatic rings. The number of hydrogen-bond donors (Lipinski definition) is 1. The first-order valence-corrected chi connectivity index (χ1v) is 10.7. The van der Waals surface area contributed by atoms with E-state index in [-0.39, 0.29) is 17.7 Å². The second-order valence-corrected chi connectivity index (χ2v) is 7.78. The molecule has 1 amide bonds. The number of aromatic nitrogens is 3. The molecule has 160 valence electrons. The van der Waals surface area contributed by atoms with Crippen LogP contribution in [0.1, 0.15) is 18.5 Å². The first kappa shape index (κ1) is 21.9. The molecule has 3 aromatic rings. The fourth-order valence-electron chi connectivity index (χ4n) is 3.17. The van der Waals surface area contributed by atoms with Gasteiger partial charge in [-0.1, -0.05) is 30.0 Å². The Bertz CT molecular complexity index is 955. The average Bonchev–Trinajstić information content (AvgIpc) is 3.41. The molecule has 0 aliphatic heterocycles. The molecule has 0 fully saturated rings. The Morgan fingerprint density at radius 1 is 1.27 bits per heavy atom. The van der Waals surface area contributed by atoms with Crippen LogP contribution in [0.4, 0.5) is 0 Å². The second kappa shape index (κ2) is 10.3. The van der Waals surface area contributed by atoms with Gasteiger partial charge in [0.15, 0.2) is 16.7 Å². The molecule has 2 aromatic heterocycles. The fourth-order valence-corrected chi connectivity index (χ4v) is 4.00. The number of rotatable bonds is 10. The molecule has 30 heavy (non-hydrogen) atoms. The Morgan fingerprint density at radius 2 is 2.07 bits per heavy atom. The van der Waals surface area contributed by atoms with E-state index in [1.165, 1.54) is 11.8 Å². The van der Waals surface area contributed by atoms with Crippen LogP contribution in [0.25, 0.3) is 11.6 Å². The molecule has 8 nitrogen and oxygen atoms in total. The molecule has 1 aromatic carbocycles. The zero-order valence-corrected chi connectivity index (χ0v) is 18.5. The molecule has 0 saturated heterocycles. The summed E-state index contributed by atoms with van der Waals surface area (Å²) in [6.45, 7) is 3.17. The lowest BCUT2D eigenvalue weighted by molar-refractivity contribution is -0.118. The minimum atomic E-state index is -0.0630. The summed E-state index contributed by atoms with van der Waals surface area (Å²) in [5.41, 5.74) is 1.03. The number of furan rings is 1. The second-order valence-electron chi connectivity index (χ2n) is 6.84. The van der Waals surface area contributed by atoms with Crippen LogP contribution < -0.4 is 10.1 Å². The van der Waals surface area contributed by atoms with Crippen LogP contribution >= 0.6 is 11.8 Å². The molecule has 0 radical (unpaired) electrons. The SMILES string of the molecule is CCn1c(SCC(=O)NCC(c2ccccc2OC)N(C)C)nnc1-c1ccco1. The molecular formula is C21H27N5O3S. The third-order valence-electron chi connectivity index (χ3n) is 4.72. The summed E-state index contributed by atoms with van der Waals surface area (Å²) < 4.78 is 12.8. The van der Waals surface area contributed by atoms with Gasteiger partial charge in [0.05, 0.1) is 25.2 Å². The third kappa shape index (κ3) is 5.03. The smallest absolute Gasteiger partial charge is 0.230 e. The summed E-state index contributed by atoms with van der Waals surface area (Å²) in [6, 6.07) is 11.5. The van der Waals surface area contributed by atoms with Gasteiger partial charge in [-0.05, 0) is 39.2 Å². The highest BCUT2D eigenvalue weighted by atomic mass is 32.2. The summed E-state index contributed by atoms with van der Waals surface area (Å²) in [6.07, 6.45) is 1.60. The topological polar surface area (TPSA) is 85.4 Å². The lowest BCUT2D eigenvalue weighted by atomic mass is 10.0. The lowest BCUT2D eigenvalue weighted by Crippen LogP contribution is -2.35. The van der Waals surface area contributed by atoms with E-state index in [4.69, 9.17) is 9.15 Å². The van der Waals surface area contributed by atoms with Gasteiger partial charge in [-0.3, -0.25) is 9.36 Å². The maximum atomic E-state index is 12.5. The molecule has 1 atom stereocenters. The van der Waals surface area contributed by atoms with Crippen LogP contribution in [0.3, 0.4) is 0 Å². The number of methoxy groups -OCH3 is 1. The van der Waals surface area contributed by atoms with E-state index >= 15 is 0 Å². The molecule has 9 heteroatoms. The summed E-state index contributed by atoms with van der Waals surface area (Å²) >= 11 is 1.36. The van der Waals surface area contributed by atoms with E-state index < -0.39 is 0 Å². The Hall–Kier alpha value is -2.78. The van der Waals surface area contributed by atoms with Gasteiger partial charge in [0, 0.05) is 18.7 Å². The van der Waals surface area contributed by atoms with E-state index in [1.807, 2.05) is 62.0 Å². The van der Waals surface area contributed by atoms with Gasteiger partial charge in [-0.2, -0.15) is 0 Å². The molecular weight excluding hydrogens is 402 g/mol. The Kier molecular flexibility index (Phi) is 7.53. The van der Waals surface area contributed by atoms with Gasteiger partial charge in [0.25, 0.3) is 0 Å². The molecule has 0 spiro atoms. The molecule has 2 heterocycles. The minimum absolute atomic E-state index is 0.0000464. The number of para-hydroxylation sites is 1. The van der Waals surface area contributed by atoms with Crippen molar-refractivity contribution in [1.82, 2.24) is 25.0 Å². The lowest BCUT2D eigenvalue weighted by Gasteiger charge is -2.26. The van der Waals surface area contributed by atoms with Gasteiger partial charge in [-0.15, -0.1) is 10.2 Å². The number of nitrogens with zero attached hydrogens (tertiary/aromatic N) is 4. The summed E-state index contributed by atoms with van der Waals surface area (Å²) in [7, 11) is 5.62. The average molecular weight is 430 g/mol. The molecule has 0 saturated carbocycles. The van der Waals surface area contributed by atoms with Crippen LogP contribution in [0.15, 0.2) is 52.2 Å². The van der Waals surface area contributed by atoms with E-state index in [1.54, 1.807) is 13.4 Å². The van der Waals surface area contributed by atoms with Crippen molar-refractivity contribution in [1.29, 1.82) is 0 Å². The van der Waals surface area contributed by atoms with Crippen molar-refractivity contribution in [2.45, 2.75) is 24.7 Å². The van der Waals surface area contributed by atoms with Crippen LogP contribution in [-0.4, -0.2) is 59.1 Å². The Morgan fingerprint density at radius 3 is 2.73 bits per heavy atom. The van der Waals surface area contributed by atoms with Gasteiger partial charge >= 0.3 is 0 Å². The van der Waals surface area contributed by atoms with Crippen molar-refractivity contribution in [2.24, 2.45) is 0 Å². The van der Waals surface area contributed by atoms with Crippen LogP contribution in [0, 0.1) is 0 Å². The highest BCUT2D eigenvalue weighted by Gasteiger charge is 2.20. The number of carbonyl (C=O) groups excluding carboxylic acids is 1. The zero-order valence-electron chi connectivity index (χ0n) is 17.7. The largest absolute Gasteiger partial charge is 0.496 e. The van der Waals surface area contributed by atoms with Gasteiger partial charge < -0.3 is 19.4 Å². The monoisotopic (exact) mass is 429 g/mol. The van der Waals surface area contributed by atoms with Crippen molar-refractivity contribution in [3.05, 3.63) is 48.2 Å². The van der Waals surface area contributed by atoms with Crippen molar-refractivity contribution in [3.63, 3.8) is 0 Å². The maximum absolute atomic E-state index is 12.5. The van der Waals surface area contributed by atoms with E-state index in [0.29, 0.717) is 29.8 Å². The first-order chi connectivity index (χ1) is 14.5. The van der Waals surface area contributed by atoms with Gasteiger partial charge in [0.1, 0.15) is 5.75 Å². The predicted molar refractivity (Wildman–Crippen MR) is 117 cm³/mol. The number of thioether (sulfide) groups is 1. The third-order valence-corrected chi connectivity index (χ3v) is 5.69. The van der Waals surface area contributed by atoms with Crippen LogP contribution in [0.2, 0.25) is 0 Å². The van der Waals surface area contributed by atoms with Crippen molar-refractivity contribution < 1.29 is 13.9 Å². The number of nitrogens with one attached hydrogen (secondary N) is 1. The number of carbonyl (C=O) groups is 1. The maximum Gasteiger partial charge on any atom is 0.230 e. The van der Waals surface area contributed by atoms with Crippen LogP contribution in [-0.2, 0) is 11.3 Å². The van der Waals surface area contributed by atoms with Crippen molar-refractivity contribution in [3.8, 4) is 17.3 Å². The summed E-state index contributed by atoms with van der Waals surface area (Å²) in [4.78, 5) is 14.6. The number of likely N-dealkylation sites (N-methyl/N-ethyl adjacent to an activating group) is 1. The van der Waals surface area contributed by atoms with Crippen molar-refractivity contribution >= 4 is 17.7 Å². The Labute approximate surface area is 180 Å².